The molecule has 6 nitrogen and oxygen atoms in total. The molecule has 0 aliphatic carbocycles. The first-order valence-electron chi connectivity index (χ1n) is 5.42. The second-order valence-corrected chi connectivity index (χ2v) is 3.52. The number of hydrogen-bond donors (Lipinski definition) is 1. The van der Waals surface area contributed by atoms with Gasteiger partial charge in [-0.1, -0.05) is 0 Å². The van der Waals surface area contributed by atoms with Gasteiger partial charge in [-0.25, -0.2) is 4.79 Å². The van der Waals surface area contributed by atoms with Crippen LogP contribution < -0.4 is 15.2 Å². The largest absolute Gasteiger partial charge is 0.497 e. The van der Waals surface area contributed by atoms with Gasteiger partial charge in [0.2, 0.25) is 0 Å². The molecule has 1 amide bonds. The Balaban J connectivity index is 2.75. The Bertz CT molecular complexity index is 496. The first kappa shape index (κ1) is 14.6. The summed E-state index contributed by atoms with van der Waals surface area (Å²) in [5.74, 6) is -0.163. The summed E-state index contributed by atoms with van der Waals surface area (Å²) < 4.78 is 14.8. The van der Waals surface area contributed by atoms with Gasteiger partial charge in [-0.05, 0) is 18.2 Å². The van der Waals surface area contributed by atoms with E-state index in [1.165, 1.54) is 19.3 Å². The lowest BCUT2D eigenvalue weighted by Crippen LogP contribution is -2.19. The van der Waals surface area contributed by atoms with Gasteiger partial charge in [-0.2, -0.15) is 0 Å². The molecule has 0 saturated carbocycles. The molecule has 0 radical (unpaired) electrons. The lowest BCUT2D eigenvalue weighted by Gasteiger charge is -2.07. The number of hydrogen-bond acceptors (Lipinski definition) is 5. The highest BCUT2D eigenvalue weighted by Crippen LogP contribution is 2.25. The highest BCUT2D eigenvalue weighted by atomic mass is 16.5. The van der Waals surface area contributed by atoms with E-state index >= 15 is 0 Å². The second kappa shape index (κ2) is 7.05. The van der Waals surface area contributed by atoms with Crippen LogP contribution in [0.3, 0.4) is 0 Å². The highest BCUT2D eigenvalue weighted by Gasteiger charge is 2.04. The fourth-order valence-electron chi connectivity index (χ4n) is 1.30. The van der Waals surface area contributed by atoms with Crippen molar-refractivity contribution in [1.82, 2.24) is 0 Å². The molecule has 0 unspecified atom stereocenters. The maximum Gasteiger partial charge on any atom is 0.331 e. The molecular weight excluding hydrogens is 250 g/mol. The van der Waals surface area contributed by atoms with E-state index in [9.17, 15) is 9.59 Å². The van der Waals surface area contributed by atoms with E-state index in [2.05, 4.69) is 4.74 Å². The zero-order valence-corrected chi connectivity index (χ0v) is 10.7. The van der Waals surface area contributed by atoms with E-state index < -0.39 is 18.5 Å². The maximum absolute atomic E-state index is 11.3. The zero-order chi connectivity index (χ0) is 14.3. The van der Waals surface area contributed by atoms with Crippen molar-refractivity contribution in [3.63, 3.8) is 0 Å². The van der Waals surface area contributed by atoms with E-state index in [1.54, 1.807) is 25.3 Å². The summed E-state index contributed by atoms with van der Waals surface area (Å²) in [5.41, 5.74) is 5.53. The standard InChI is InChI=1S/C13H15NO5/c1-17-10-5-3-9(11(7-10)18-2)4-6-13(16)19-8-12(14)15/h3-7H,8H2,1-2H3,(H2,14,15)/b6-4+. The van der Waals surface area contributed by atoms with Gasteiger partial charge in [-0.15, -0.1) is 0 Å². The summed E-state index contributed by atoms with van der Waals surface area (Å²) in [6.07, 6.45) is 2.70. The van der Waals surface area contributed by atoms with Gasteiger partial charge in [0.05, 0.1) is 14.2 Å². The second-order valence-electron chi connectivity index (χ2n) is 3.52. The Morgan fingerprint density at radius 2 is 2.00 bits per heavy atom. The smallest absolute Gasteiger partial charge is 0.331 e. The number of nitrogens with two attached hydrogens (primary N) is 1. The Hall–Kier alpha value is -2.50. The number of ether oxygens (including phenoxy) is 3. The molecule has 0 saturated heterocycles. The van der Waals surface area contributed by atoms with Crippen LogP contribution in [0.2, 0.25) is 0 Å². The number of primary amides is 1. The van der Waals surface area contributed by atoms with Gasteiger partial charge in [0.25, 0.3) is 5.91 Å². The van der Waals surface area contributed by atoms with Crippen LogP contribution >= 0.6 is 0 Å². The van der Waals surface area contributed by atoms with Crippen LogP contribution in [0, 0.1) is 0 Å². The van der Waals surface area contributed by atoms with Gasteiger partial charge >= 0.3 is 5.97 Å². The third-order valence-electron chi connectivity index (χ3n) is 2.20. The van der Waals surface area contributed by atoms with Gasteiger partial charge < -0.3 is 19.9 Å². The summed E-state index contributed by atoms with van der Waals surface area (Å²) in [6.45, 7) is -0.442. The predicted molar refractivity (Wildman–Crippen MR) is 68.7 cm³/mol. The quantitative estimate of drug-likeness (QED) is 0.605. The molecule has 0 fully saturated rings. The molecule has 1 aromatic carbocycles. The minimum atomic E-state index is -0.705. The van der Waals surface area contributed by atoms with E-state index in [0.717, 1.165) is 0 Å². The molecular formula is C13H15NO5. The topological polar surface area (TPSA) is 87.9 Å². The Labute approximate surface area is 110 Å². The number of rotatable bonds is 6. The minimum absolute atomic E-state index is 0.442. The van der Waals surface area contributed by atoms with Crippen LogP contribution in [0.25, 0.3) is 6.08 Å². The van der Waals surface area contributed by atoms with E-state index in [0.29, 0.717) is 17.1 Å². The maximum atomic E-state index is 11.3. The number of esters is 1. The van der Waals surface area contributed by atoms with E-state index in [1.807, 2.05) is 0 Å². The molecule has 0 spiro atoms. The first-order valence-corrected chi connectivity index (χ1v) is 5.42. The minimum Gasteiger partial charge on any atom is -0.497 e. The fraction of sp³-hybridized carbons (Fsp3) is 0.231. The molecule has 0 bridgehead atoms. The Kier molecular flexibility index (Phi) is 5.40. The van der Waals surface area contributed by atoms with Crippen molar-refractivity contribution >= 4 is 18.0 Å². The molecule has 6 heteroatoms. The first-order chi connectivity index (χ1) is 9.06. The van der Waals surface area contributed by atoms with Crippen LogP contribution in [0.4, 0.5) is 0 Å². The van der Waals surface area contributed by atoms with Crippen molar-refractivity contribution in [3.8, 4) is 11.5 Å². The normalized spacial score (nSPS) is 10.2. The summed E-state index contributed by atoms with van der Waals surface area (Å²) in [7, 11) is 3.06. The van der Waals surface area contributed by atoms with Crippen molar-refractivity contribution in [3.05, 3.63) is 29.8 Å². The van der Waals surface area contributed by atoms with Gasteiger partial charge in [0.15, 0.2) is 6.61 Å². The number of carbonyl (C=O) groups is 2. The van der Waals surface area contributed by atoms with Crippen molar-refractivity contribution in [1.29, 1.82) is 0 Å². The van der Waals surface area contributed by atoms with Gasteiger partial charge in [-0.3, -0.25) is 4.79 Å². The molecule has 0 aliphatic rings. The van der Waals surface area contributed by atoms with E-state index in [4.69, 9.17) is 15.2 Å². The van der Waals surface area contributed by atoms with E-state index in [-0.39, 0.29) is 0 Å². The number of amides is 1. The molecule has 1 rings (SSSR count). The predicted octanol–water partition coefficient (Wildman–Crippen LogP) is 0.745. The lowest BCUT2D eigenvalue weighted by molar-refractivity contribution is -0.142. The van der Waals surface area contributed by atoms with Crippen LogP contribution in [0.15, 0.2) is 24.3 Å². The molecule has 0 heterocycles. The SMILES string of the molecule is COc1ccc(/C=C/C(=O)OCC(N)=O)c(OC)c1. The summed E-state index contributed by atoms with van der Waals surface area (Å²) >= 11 is 0. The van der Waals surface area contributed by atoms with Crippen LogP contribution in [0.5, 0.6) is 11.5 Å². The van der Waals surface area contributed by atoms with Gasteiger partial charge in [0, 0.05) is 17.7 Å². The van der Waals surface area contributed by atoms with Crippen LogP contribution in [-0.2, 0) is 14.3 Å². The lowest BCUT2D eigenvalue weighted by atomic mass is 10.2. The molecule has 0 aromatic heterocycles. The molecule has 2 N–H and O–H groups in total. The fourth-order valence-corrected chi connectivity index (χ4v) is 1.30. The summed E-state index contributed by atoms with van der Waals surface area (Å²) in [6, 6.07) is 5.15. The van der Waals surface area contributed by atoms with Crippen molar-refractivity contribution in [2.24, 2.45) is 5.73 Å². The Morgan fingerprint density at radius 3 is 2.58 bits per heavy atom. The number of benzene rings is 1. The monoisotopic (exact) mass is 265 g/mol. The molecule has 0 aliphatic heterocycles. The average molecular weight is 265 g/mol. The zero-order valence-electron chi connectivity index (χ0n) is 10.7. The Morgan fingerprint density at radius 1 is 1.26 bits per heavy atom. The third-order valence-corrected chi connectivity index (χ3v) is 2.20. The molecule has 19 heavy (non-hydrogen) atoms. The van der Waals surface area contributed by atoms with Crippen molar-refractivity contribution in [2.45, 2.75) is 0 Å². The molecule has 102 valence electrons. The summed E-state index contributed by atoms with van der Waals surface area (Å²) in [4.78, 5) is 21.7. The van der Waals surface area contributed by atoms with Crippen molar-refractivity contribution < 1.29 is 23.8 Å². The molecule has 0 atom stereocenters. The molecule has 1 aromatic rings. The average Bonchev–Trinajstić information content (AvgIpc) is 2.42. The highest BCUT2D eigenvalue weighted by molar-refractivity contribution is 5.89. The van der Waals surface area contributed by atoms with Crippen LogP contribution in [-0.4, -0.2) is 32.7 Å². The number of methoxy groups -OCH3 is 2. The third kappa shape index (κ3) is 4.71. The number of carbonyl (C=O) groups excluding carboxylic acids is 2. The van der Waals surface area contributed by atoms with Crippen LogP contribution in [0.1, 0.15) is 5.56 Å². The summed E-state index contributed by atoms with van der Waals surface area (Å²) in [5, 5.41) is 0. The van der Waals surface area contributed by atoms with Crippen molar-refractivity contribution in [2.75, 3.05) is 20.8 Å². The van der Waals surface area contributed by atoms with Gasteiger partial charge in [0.1, 0.15) is 11.5 Å².